The Hall–Kier alpha value is -4.01. The summed E-state index contributed by atoms with van der Waals surface area (Å²) in [5, 5.41) is 11.7. The Bertz CT molecular complexity index is 1070. The second kappa shape index (κ2) is 7.70. The quantitative estimate of drug-likeness (QED) is 0.275. The Labute approximate surface area is 157 Å². The minimum Gasteiger partial charge on any atom is -0.465 e. The van der Waals surface area contributed by atoms with Crippen molar-refractivity contribution in [3.63, 3.8) is 0 Å². The number of benzene rings is 2. The van der Waals surface area contributed by atoms with Crippen LogP contribution in [0.5, 0.6) is 0 Å². The molecule has 0 aliphatic rings. The van der Waals surface area contributed by atoms with E-state index in [1.807, 2.05) is 0 Å². The van der Waals surface area contributed by atoms with E-state index in [0.29, 0.717) is 5.58 Å². The molecule has 0 amide bonds. The van der Waals surface area contributed by atoms with Gasteiger partial charge in [0, 0.05) is 17.5 Å². The van der Waals surface area contributed by atoms with E-state index in [4.69, 9.17) is 9.15 Å². The van der Waals surface area contributed by atoms with E-state index in [-0.39, 0.29) is 16.9 Å². The lowest BCUT2D eigenvalue weighted by Crippen LogP contribution is -2.15. The molecular formula is C19H13NO8. The van der Waals surface area contributed by atoms with Gasteiger partial charge < -0.3 is 13.9 Å². The van der Waals surface area contributed by atoms with Crippen LogP contribution in [0.3, 0.4) is 0 Å². The van der Waals surface area contributed by atoms with Gasteiger partial charge in [-0.05, 0) is 18.2 Å². The van der Waals surface area contributed by atoms with Crippen LogP contribution in [0, 0.1) is 10.1 Å². The van der Waals surface area contributed by atoms with Gasteiger partial charge in [-0.15, -0.1) is 0 Å². The molecule has 1 heterocycles. The average molecular weight is 383 g/mol. The van der Waals surface area contributed by atoms with Gasteiger partial charge in [0.1, 0.15) is 5.58 Å². The van der Waals surface area contributed by atoms with Gasteiger partial charge in [0.05, 0.1) is 23.2 Å². The van der Waals surface area contributed by atoms with E-state index in [1.165, 1.54) is 6.07 Å². The van der Waals surface area contributed by atoms with Crippen molar-refractivity contribution in [2.75, 3.05) is 13.7 Å². The van der Waals surface area contributed by atoms with Crippen LogP contribution in [0.4, 0.5) is 5.69 Å². The average Bonchev–Trinajstić information content (AvgIpc) is 3.15. The molecule has 0 atom stereocenters. The summed E-state index contributed by atoms with van der Waals surface area (Å²) in [6.07, 6.45) is 0. The highest BCUT2D eigenvalue weighted by Crippen LogP contribution is 2.21. The first-order valence-corrected chi connectivity index (χ1v) is 7.95. The van der Waals surface area contributed by atoms with Crippen LogP contribution in [0.2, 0.25) is 0 Å². The number of para-hydroxylation sites is 1. The molecule has 0 fully saturated rings. The number of methoxy groups -OCH3 is 1. The number of rotatable bonds is 6. The molecule has 0 radical (unpaired) electrons. The van der Waals surface area contributed by atoms with Crippen molar-refractivity contribution in [1.29, 1.82) is 0 Å². The predicted octanol–water partition coefficient (Wildman–Crippen LogP) is 3.17. The molecule has 1 aromatic heterocycles. The number of Topliss-reactive ketones (excluding diaryl/α,β-unsaturated/α-hetero) is 1. The smallest absolute Gasteiger partial charge is 0.338 e. The maximum absolute atomic E-state index is 12.2. The second-order valence-electron chi connectivity index (χ2n) is 5.67. The molecule has 0 saturated carbocycles. The van der Waals surface area contributed by atoms with Crippen molar-refractivity contribution in [2.24, 2.45) is 0 Å². The molecule has 0 unspecified atom stereocenters. The number of hydrogen-bond donors (Lipinski definition) is 0. The summed E-state index contributed by atoms with van der Waals surface area (Å²) in [6, 6.07) is 11.5. The molecule has 0 spiro atoms. The fourth-order valence-electron chi connectivity index (χ4n) is 2.47. The number of fused-ring (bicyclic) bond motifs is 1. The highest BCUT2D eigenvalue weighted by atomic mass is 16.6. The van der Waals surface area contributed by atoms with Crippen LogP contribution in [-0.4, -0.2) is 36.4 Å². The Morgan fingerprint density at radius 1 is 1.04 bits per heavy atom. The predicted molar refractivity (Wildman–Crippen MR) is 95.3 cm³/mol. The van der Waals surface area contributed by atoms with Crippen molar-refractivity contribution in [3.05, 3.63) is 75.5 Å². The Morgan fingerprint density at radius 3 is 2.36 bits per heavy atom. The van der Waals surface area contributed by atoms with E-state index < -0.39 is 34.9 Å². The minimum absolute atomic E-state index is 0.0169. The number of nitrogens with zero attached hydrogens (tertiary/aromatic N) is 1. The number of furan rings is 1. The molecule has 3 aromatic rings. The van der Waals surface area contributed by atoms with Crippen molar-refractivity contribution in [3.8, 4) is 0 Å². The maximum atomic E-state index is 12.2. The summed E-state index contributed by atoms with van der Waals surface area (Å²) in [5.41, 5.74) is -0.420. The van der Waals surface area contributed by atoms with Gasteiger partial charge in [-0.25, -0.2) is 9.59 Å². The third-order valence-electron chi connectivity index (χ3n) is 3.82. The van der Waals surface area contributed by atoms with Crippen molar-refractivity contribution in [2.45, 2.75) is 0 Å². The SMILES string of the molecule is COC(=O)c1cc(C(=O)OCC(=O)c2cc3ccccc3o2)cc([N+](=O)[O-])c1. The number of nitro benzene ring substituents is 1. The van der Waals surface area contributed by atoms with Crippen LogP contribution in [-0.2, 0) is 9.47 Å². The lowest BCUT2D eigenvalue weighted by Gasteiger charge is -2.05. The monoisotopic (exact) mass is 383 g/mol. The molecule has 9 nitrogen and oxygen atoms in total. The minimum atomic E-state index is -1.00. The highest BCUT2D eigenvalue weighted by Gasteiger charge is 2.21. The van der Waals surface area contributed by atoms with Crippen LogP contribution in [0.25, 0.3) is 11.0 Å². The van der Waals surface area contributed by atoms with Crippen molar-refractivity contribution in [1.82, 2.24) is 0 Å². The van der Waals surface area contributed by atoms with Crippen LogP contribution in [0.1, 0.15) is 31.3 Å². The molecule has 0 N–H and O–H groups in total. The fourth-order valence-corrected chi connectivity index (χ4v) is 2.47. The second-order valence-corrected chi connectivity index (χ2v) is 5.67. The van der Waals surface area contributed by atoms with Crippen LogP contribution in [0.15, 0.2) is 52.9 Å². The van der Waals surface area contributed by atoms with E-state index in [2.05, 4.69) is 4.74 Å². The first-order valence-electron chi connectivity index (χ1n) is 7.95. The summed E-state index contributed by atoms with van der Waals surface area (Å²) in [6.45, 7) is -0.630. The zero-order chi connectivity index (χ0) is 20.3. The standard InChI is InChI=1S/C19H13NO8/c1-26-18(22)12-6-13(8-14(7-12)20(24)25)19(23)27-10-15(21)17-9-11-4-2-3-5-16(11)28-17/h2-9H,10H2,1H3. The number of non-ortho nitro benzene ring substituents is 1. The summed E-state index contributed by atoms with van der Waals surface area (Å²) in [5.74, 6) is -2.42. The zero-order valence-corrected chi connectivity index (χ0v) is 14.5. The molecule has 0 saturated heterocycles. The molecule has 3 rings (SSSR count). The number of ketones is 1. The van der Waals surface area contributed by atoms with Gasteiger partial charge in [0.2, 0.25) is 5.78 Å². The van der Waals surface area contributed by atoms with Crippen molar-refractivity contribution < 1.29 is 33.2 Å². The number of ether oxygens (including phenoxy) is 2. The normalized spacial score (nSPS) is 10.5. The number of carbonyl (C=O) groups is 3. The van der Waals surface area contributed by atoms with E-state index in [9.17, 15) is 24.5 Å². The fraction of sp³-hybridized carbons (Fsp3) is 0.105. The highest BCUT2D eigenvalue weighted by molar-refractivity contribution is 6.01. The van der Waals surface area contributed by atoms with Gasteiger partial charge in [0.25, 0.3) is 5.69 Å². The summed E-state index contributed by atoms with van der Waals surface area (Å²) in [4.78, 5) is 46.3. The lowest BCUT2D eigenvalue weighted by molar-refractivity contribution is -0.384. The third kappa shape index (κ3) is 3.88. The Kier molecular flexibility index (Phi) is 5.16. The summed E-state index contributed by atoms with van der Waals surface area (Å²) in [7, 11) is 1.10. The first-order chi connectivity index (χ1) is 13.4. The molecule has 142 valence electrons. The van der Waals surface area contributed by atoms with Gasteiger partial charge in [0.15, 0.2) is 12.4 Å². The molecule has 28 heavy (non-hydrogen) atoms. The molecule has 2 aromatic carbocycles. The molecular weight excluding hydrogens is 370 g/mol. The van der Waals surface area contributed by atoms with Gasteiger partial charge in [-0.2, -0.15) is 0 Å². The molecule has 9 heteroatoms. The van der Waals surface area contributed by atoms with E-state index in [0.717, 1.165) is 30.7 Å². The summed E-state index contributed by atoms with van der Waals surface area (Å²) >= 11 is 0. The molecule has 0 aliphatic carbocycles. The van der Waals surface area contributed by atoms with Gasteiger partial charge in [-0.1, -0.05) is 18.2 Å². The van der Waals surface area contributed by atoms with Gasteiger partial charge in [-0.3, -0.25) is 14.9 Å². The largest absolute Gasteiger partial charge is 0.465 e. The van der Waals surface area contributed by atoms with E-state index >= 15 is 0 Å². The Balaban J connectivity index is 1.76. The molecule has 0 aliphatic heterocycles. The zero-order valence-electron chi connectivity index (χ0n) is 14.5. The maximum Gasteiger partial charge on any atom is 0.338 e. The topological polar surface area (TPSA) is 126 Å². The van der Waals surface area contributed by atoms with Crippen molar-refractivity contribution >= 4 is 34.4 Å². The van der Waals surface area contributed by atoms with Gasteiger partial charge >= 0.3 is 11.9 Å². The molecule has 0 bridgehead atoms. The number of nitro groups is 1. The number of esters is 2. The summed E-state index contributed by atoms with van der Waals surface area (Å²) < 4.78 is 14.8. The Morgan fingerprint density at radius 2 is 1.71 bits per heavy atom. The first kappa shape index (κ1) is 18.8. The lowest BCUT2D eigenvalue weighted by atomic mass is 10.1. The number of carbonyl (C=O) groups excluding carboxylic acids is 3. The van der Waals surface area contributed by atoms with E-state index in [1.54, 1.807) is 24.3 Å². The number of hydrogen-bond acceptors (Lipinski definition) is 8. The third-order valence-corrected chi connectivity index (χ3v) is 3.82. The van der Waals surface area contributed by atoms with Crippen LogP contribution < -0.4 is 0 Å². The van der Waals surface area contributed by atoms with Crippen LogP contribution >= 0.6 is 0 Å².